The SMILES string of the molecule is Cc1nc2c(N)nnc(C)n2c1C(C)C. The highest BCUT2D eigenvalue weighted by Crippen LogP contribution is 2.23. The number of nitrogens with zero attached hydrogens (tertiary/aromatic N) is 4. The van der Waals surface area contributed by atoms with Gasteiger partial charge in [0.25, 0.3) is 0 Å². The van der Waals surface area contributed by atoms with Crippen LogP contribution in [0.25, 0.3) is 5.65 Å². The molecule has 0 amide bonds. The molecule has 0 saturated heterocycles. The van der Waals surface area contributed by atoms with Crippen molar-refractivity contribution in [1.82, 2.24) is 19.6 Å². The normalized spacial score (nSPS) is 11.5. The standard InChI is InChI=1S/C10H15N5/c1-5(2)8-6(3)12-10-9(11)14-13-7(4)15(8)10/h5H,1-4H3,(H2,11,14). The second-order valence-electron chi connectivity index (χ2n) is 4.03. The molecule has 0 bridgehead atoms. The van der Waals surface area contributed by atoms with Crippen molar-refractivity contribution >= 4 is 11.5 Å². The number of hydrogen-bond acceptors (Lipinski definition) is 4. The lowest BCUT2D eigenvalue weighted by Gasteiger charge is -2.08. The molecule has 0 radical (unpaired) electrons. The van der Waals surface area contributed by atoms with E-state index in [0.29, 0.717) is 17.4 Å². The first-order valence-electron chi connectivity index (χ1n) is 5.00. The van der Waals surface area contributed by atoms with E-state index in [1.165, 1.54) is 0 Å². The van der Waals surface area contributed by atoms with Crippen LogP contribution in [0, 0.1) is 13.8 Å². The van der Waals surface area contributed by atoms with Gasteiger partial charge in [-0.1, -0.05) is 13.8 Å². The van der Waals surface area contributed by atoms with E-state index < -0.39 is 0 Å². The van der Waals surface area contributed by atoms with Gasteiger partial charge in [0.15, 0.2) is 11.5 Å². The third kappa shape index (κ3) is 1.35. The van der Waals surface area contributed by atoms with Gasteiger partial charge in [0.05, 0.1) is 5.69 Å². The van der Waals surface area contributed by atoms with Crippen LogP contribution in [0.2, 0.25) is 0 Å². The third-order valence-corrected chi connectivity index (χ3v) is 2.50. The van der Waals surface area contributed by atoms with Gasteiger partial charge in [-0.3, -0.25) is 4.40 Å². The van der Waals surface area contributed by atoms with Crippen LogP contribution in [0.3, 0.4) is 0 Å². The Kier molecular flexibility index (Phi) is 2.10. The molecule has 0 fully saturated rings. The smallest absolute Gasteiger partial charge is 0.189 e. The van der Waals surface area contributed by atoms with Gasteiger partial charge >= 0.3 is 0 Å². The third-order valence-electron chi connectivity index (χ3n) is 2.50. The van der Waals surface area contributed by atoms with Crippen molar-refractivity contribution in [3.05, 3.63) is 17.2 Å². The minimum absolute atomic E-state index is 0.385. The molecule has 2 heterocycles. The lowest BCUT2D eigenvalue weighted by atomic mass is 10.1. The molecule has 0 saturated carbocycles. The van der Waals surface area contributed by atoms with E-state index in [4.69, 9.17) is 5.73 Å². The van der Waals surface area contributed by atoms with Crippen molar-refractivity contribution in [2.75, 3.05) is 5.73 Å². The molecular formula is C10H15N5. The summed E-state index contributed by atoms with van der Waals surface area (Å²) in [7, 11) is 0. The maximum Gasteiger partial charge on any atom is 0.189 e. The van der Waals surface area contributed by atoms with Crippen LogP contribution in [0.1, 0.15) is 37.0 Å². The van der Waals surface area contributed by atoms with Gasteiger partial charge in [-0.15, -0.1) is 10.2 Å². The molecule has 0 aliphatic carbocycles. The number of fused-ring (bicyclic) bond motifs is 1. The Morgan fingerprint density at radius 3 is 2.47 bits per heavy atom. The zero-order valence-corrected chi connectivity index (χ0v) is 9.44. The summed E-state index contributed by atoms with van der Waals surface area (Å²) in [4.78, 5) is 4.43. The van der Waals surface area contributed by atoms with Crippen LogP contribution in [0.4, 0.5) is 5.82 Å². The Morgan fingerprint density at radius 1 is 1.20 bits per heavy atom. The Bertz CT molecular complexity index is 512. The van der Waals surface area contributed by atoms with Crippen LogP contribution in [0.5, 0.6) is 0 Å². The van der Waals surface area contributed by atoms with Crippen LogP contribution >= 0.6 is 0 Å². The van der Waals surface area contributed by atoms with Crippen molar-refractivity contribution in [3.8, 4) is 0 Å². The van der Waals surface area contributed by atoms with Gasteiger partial charge in [0, 0.05) is 5.69 Å². The summed E-state index contributed by atoms with van der Waals surface area (Å²) in [5, 5.41) is 7.88. The highest BCUT2D eigenvalue weighted by atomic mass is 15.2. The number of imidazole rings is 1. The highest BCUT2D eigenvalue weighted by Gasteiger charge is 2.16. The largest absolute Gasteiger partial charge is 0.379 e. The number of rotatable bonds is 1. The van der Waals surface area contributed by atoms with E-state index in [1.807, 2.05) is 18.2 Å². The fourth-order valence-electron chi connectivity index (χ4n) is 1.93. The first-order valence-corrected chi connectivity index (χ1v) is 5.00. The van der Waals surface area contributed by atoms with Gasteiger partial charge in [-0.2, -0.15) is 0 Å². The number of nitrogen functional groups attached to an aromatic ring is 1. The fourth-order valence-corrected chi connectivity index (χ4v) is 1.93. The lowest BCUT2D eigenvalue weighted by Crippen LogP contribution is -2.06. The van der Waals surface area contributed by atoms with E-state index in [2.05, 4.69) is 29.0 Å². The van der Waals surface area contributed by atoms with E-state index in [0.717, 1.165) is 17.2 Å². The van der Waals surface area contributed by atoms with Crippen LogP contribution < -0.4 is 5.73 Å². The van der Waals surface area contributed by atoms with Crippen LogP contribution in [-0.4, -0.2) is 19.6 Å². The van der Waals surface area contributed by atoms with Gasteiger partial charge < -0.3 is 5.73 Å². The van der Waals surface area contributed by atoms with Gasteiger partial charge in [-0.05, 0) is 19.8 Å². The number of aromatic nitrogens is 4. The second-order valence-corrected chi connectivity index (χ2v) is 4.03. The molecule has 15 heavy (non-hydrogen) atoms. The molecule has 2 N–H and O–H groups in total. The molecule has 0 aliphatic rings. The topological polar surface area (TPSA) is 69.1 Å². The van der Waals surface area contributed by atoms with Gasteiger partial charge in [-0.25, -0.2) is 4.98 Å². The van der Waals surface area contributed by atoms with Crippen LogP contribution in [0.15, 0.2) is 0 Å². The Labute approximate surface area is 88.3 Å². The van der Waals surface area contributed by atoms with E-state index in [9.17, 15) is 0 Å². The Balaban J connectivity index is 2.92. The van der Waals surface area contributed by atoms with Crippen molar-refractivity contribution < 1.29 is 0 Å². The monoisotopic (exact) mass is 205 g/mol. The Hall–Kier alpha value is -1.65. The second kappa shape index (κ2) is 3.18. The molecule has 5 heteroatoms. The number of nitrogens with two attached hydrogens (primary N) is 1. The maximum absolute atomic E-state index is 5.75. The summed E-state index contributed by atoms with van der Waals surface area (Å²) in [5.74, 6) is 1.60. The molecule has 2 rings (SSSR count). The van der Waals surface area contributed by atoms with Gasteiger partial charge in [0.1, 0.15) is 5.82 Å². The molecular weight excluding hydrogens is 190 g/mol. The molecule has 0 aliphatic heterocycles. The number of hydrogen-bond donors (Lipinski definition) is 1. The first kappa shape index (κ1) is 9.89. The summed E-state index contributed by atoms with van der Waals surface area (Å²) in [5.41, 5.74) is 8.61. The molecule has 2 aromatic rings. The predicted molar refractivity (Wildman–Crippen MR) is 58.8 cm³/mol. The van der Waals surface area contributed by atoms with E-state index in [-0.39, 0.29) is 0 Å². The Morgan fingerprint density at radius 2 is 1.87 bits per heavy atom. The summed E-state index contributed by atoms with van der Waals surface area (Å²) in [6, 6.07) is 0. The molecule has 0 aromatic carbocycles. The average molecular weight is 205 g/mol. The zero-order valence-electron chi connectivity index (χ0n) is 9.44. The summed E-state index contributed by atoms with van der Waals surface area (Å²) < 4.78 is 1.99. The zero-order chi connectivity index (χ0) is 11.2. The van der Waals surface area contributed by atoms with Crippen LogP contribution in [-0.2, 0) is 0 Å². The molecule has 5 nitrogen and oxygen atoms in total. The molecule has 80 valence electrons. The first-order chi connectivity index (χ1) is 7.02. The minimum atomic E-state index is 0.385. The summed E-state index contributed by atoms with van der Waals surface area (Å²) >= 11 is 0. The quantitative estimate of drug-likeness (QED) is 0.765. The molecule has 0 atom stereocenters. The van der Waals surface area contributed by atoms with E-state index in [1.54, 1.807) is 0 Å². The lowest BCUT2D eigenvalue weighted by molar-refractivity contribution is 0.765. The van der Waals surface area contributed by atoms with E-state index >= 15 is 0 Å². The summed E-state index contributed by atoms with van der Waals surface area (Å²) in [6.45, 7) is 8.16. The predicted octanol–water partition coefficient (Wildman–Crippen LogP) is 1.45. The average Bonchev–Trinajstić information content (AvgIpc) is 2.50. The number of aryl methyl sites for hydroxylation is 2. The van der Waals surface area contributed by atoms with Gasteiger partial charge in [0.2, 0.25) is 0 Å². The van der Waals surface area contributed by atoms with Crippen molar-refractivity contribution in [1.29, 1.82) is 0 Å². The van der Waals surface area contributed by atoms with Crippen molar-refractivity contribution in [2.24, 2.45) is 0 Å². The maximum atomic E-state index is 5.75. The van der Waals surface area contributed by atoms with Crippen molar-refractivity contribution in [3.63, 3.8) is 0 Å². The highest BCUT2D eigenvalue weighted by molar-refractivity contribution is 5.61. The number of anilines is 1. The minimum Gasteiger partial charge on any atom is -0.379 e. The van der Waals surface area contributed by atoms with Crippen molar-refractivity contribution in [2.45, 2.75) is 33.6 Å². The molecule has 0 unspecified atom stereocenters. The molecule has 2 aromatic heterocycles. The molecule has 0 spiro atoms. The summed E-state index contributed by atoms with van der Waals surface area (Å²) in [6.07, 6.45) is 0. The fraction of sp³-hybridized carbons (Fsp3) is 0.500.